The van der Waals surface area contributed by atoms with E-state index in [0.717, 1.165) is 0 Å². The quantitative estimate of drug-likeness (QED) is 0.756. The Morgan fingerprint density at radius 3 is 2.42 bits per heavy atom. The lowest BCUT2D eigenvalue weighted by Crippen LogP contribution is -2.15. The van der Waals surface area contributed by atoms with E-state index in [1.807, 2.05) is 0 Å². The fourth-order valence-corrected chi connectivity index (χ4v) is 2.41. The van der Waals surface area contributed by atoms with Gasteiger partial charge in [0.05, 0.1) is 28.4 Å². The Hall–Kier alpha value is -2.25. The summed E-state index contributed by atoms with van der Waals surface area (Å²) >= 11 is 11.8. The summed E-state index contributed by atoms with van der Waals surface area (Å²) in [7, 11) is 1.27. The normalized spacial score (nSPS) is 10.6. The van der Waals surface area contributed by atoms with Gasteiger partial charge in [-0.3, -0.25) is 4.79 Å². The summed E-state index contributed by atoms with van der Waals surface area (Å²) in [6.07, 6.45) is 0. The molecule has 0 radical (unpaired) electrons. The highest BCUT2D eigenvalue weighted by Gasteiger charge is 2.20. The van der Waals surface area contributed by atoms with Crippen LogP contribution < -0.4 is 20.5 Å². The fourth-order valence-electron chi connectivity index (χ4n) is 1.92. The molecule has 0 fully saturated rings. The maximum Gasteiger partial charge on any atom is 0.387 e. The number of ether oxygens (including phenoxy) is 2. The first kappa shape index (κ1) is 18.1. The van der Waals surface area contributed by atoms with Crippen LogP contribution in [0.4, 0.5) is 20.2 Å². The van der Waals surface area contributed by atoms with E-state index >= 15 is 0 Å². The number of carbonyl (C=O) groups is 1. The number of benzene rings is 2. The van der Waals surface area contributed by atoms with E-state index in [2.05, 4.69) is 10.1 Å². The molecule has 128 valence electrons. The maximum absolute atomic E-state index is 12.6. The van der Waals surface area contributed by atoms with Crippen LogP contribution in [-0.2, 0) is 0 Å². The van der Waals surface area contributed by atoms with Crippen molar-refractivity contribution < 1.29 is 23.0 Å². The zero-order valence-corrected chi connectivity index (χ0v) is 13.8. The van der Waals surface area contributed by atoms with E-state index in [1.165, 1.54) is 37.4 Å². The minimum atomic E-state index is -3.12. The number of halogens is 4. The van der Waals surface area contributed by atoms with Gasteiger partial charge in [0.2, 0.25) is 0 Å². The van der Waals surface area contributed by atoms with E-state index in [9.17, 15) is 13.6 Å². The molecule has 0 aliphatic heterocycles. The molecule has 0 aliphatic rings. The summed E-state index contributed by atoms with van der Waals surface area (Å²) in [4.78, 5) is 12.4. The van der Waals surface area contributed by atoms with Gasteiger partial charge < -0.3 is 20.5 Å². The van der Waals surface area contributed by atoms with E-state index in [1.54, 1.807) is 0 Å². The first-order valence-corrected chi connectivity index (χ1v) is 7.26. The monoisotopic (exact) mass is 376 g/mol. The number of alkyl halides is 2. The Morgan fingerprint density at radius 2 is 1.88 bits per heavy atom. The molecule has 2 rings (SSSR count). The number of carbonyl (C=O) groups excluding carboxylic acids is 1. The van der Waals surface area contributed by atoms with Gasteiger partial charge in [0.25, 0.3) is 5.91 Å². The number of hydrogen-bond donors (Lipinski definition) is 2. The average molecular weight is 377 g/mol. The van der Waals surface area contributed by atoms with Crippen molar-refractivity contribution in [1.82, 2.24) is 0 Å². The summed E-state index contributed by atoms with van der Waals surface area (Å²) in [6.45, 7) is -3.12. The van der Waals surface area contributed by atoms with Crippen LogP contribution in [0.1, 0.15) is 10.4 Å². The Balaban J connectivity index is 2.36. The Labute approximate surface area is 146 Å². The van der Waals surface area contributed by atoms with Crippen molar-refractivity contribution in [2.45, 2.75) is 6.61 Å². The van der Waals surface area contributed by atoms with Crippen molar-refractivity contribution in [2.75, 3.05) is 18.2 Å². The lowest BCUT2D eigenvalue weighted by Gasteiger charge is -2.14. The van der Waals surface area contributed by atoms with Gasteiger partial charge in [0, 0.05) is 5.69 Å². The number of para-hydroxylation sites is 1. The summed E-state index contributed by atoms with van der Waals surface area (Å²) in [5.74, 6) is -1.09. The molecule has 0 aromatic heterocycles. The van der Waals surface area contributed by atoms with Crippen LogP contribution in [0, 0.1) is 0 Å². The van der Waals surface area contributed by atoms with Gasteiger partial charge in [0.15, 0.2) is 11.5 Å². The molecule has 0 heterocycles. The van der Waals surface area contributed by atoms with E-state index in [-0.39, 0.29) is 38.5 Å². The Bertz CT molecular complexity index is 749. The third kappa shape index (κ3) is 3.98. The second-order valence-electron chi connectivity index (χ2n) is 4.52. The van der Waals surface area contributed by atoms with Crippen LogP contribution in [0.5, 0.6) is 11.5 Å². The Kier molecular flexibility index (Phi) is 5.69. The molecule has 0 unspecified atom stereocenters. The number of nitrogen functional groups attached to an aromatic ring is 1. The van der Waals surface area contributed by atoms with Gasteiger partial charge in [-0.2, -0.15) is 8.78 Å². The zero-order valence-electron chi connectivity index (χ0n) is 12.3. The molecule has 0 saturated heterocycles. The van der Waals surface area contributed by atoms with Crippen molar-refractivity contribution in [3.63, 3.8) is 0 Å². The number of anilines is 2. The topological polar surface area (TPSA) is 73.6 Å². The zero-order chi connectivity index (χ0) is 17.9. The van der Waals surface area contributed by atoms with Gasteiger partial charge in [-0.1, -0.05) is 29.3 Å². The first-order chi connectivity index (χ1) is 11.3. The smallest absolute Gasteiger partial charge is 0.387 e. The minimum absolute atomic E-state index is 0.00341. The molecule has 5 nitrogen and oxygen atoms in total. The molecule has 3 N–H and O–H groups in total. The van der Waals surface area contributed by atoms with Crippen LogP contribution >= 0.6 is 23.2 Å². The van der Waals surface area contributed by atoms with Crippen molar-refractivity contribution in [2.24, 2.45) is 0 Å². The average Bonchev–Trinajstić information content (AvgIpc) is 2.52. The number of amides is 1. The molecule has 2 aromatic carbocycles. The third-order valence-corrected chi connectivity index (χ3v) is 3.61. The van der Waals surface area contributed by atoms with E-state index in [4.69, 9.17) is 33.7 Å². The first-order valence-electron chi connectivity index (χ1n) is 6.51. The van der Waals surface area contributed by atoms with Crippen LogP contribution in [0.15, 0.2) is 30.3 Å². The molecule has 0 bridgehead atoms. The number of nitrogens with two attached hydrogens (primary N) is 1. The summed E-state index contributed by atoms with van der Waals surface area (Å²) < 4.78 is 34.5. The SMILES string of the molecule is COc1cccc(C(=O)Nc2cc(Cl)c(N)c(Cl)c2)c1OC(F)F. The summed E-state index contributed by atoms with van der Waals surface area (Å²) in [5, 5.41) is 2.78. The molecule has 0 aliphatic carbocycles. The minimum Gasteiger partial charge on any atom is -0.493 e. The highest BCUT2D eigenvalue weighted by molar-refractivity contribution is 6.39. The maximum atomic E-state index is 12.6. The molecule has 1 amide bonds. The van der Waals surface area contributed by atoms with Crippen molar-refractivity contribution >= 4 is 40.5 Å². The fraction of sp³-hybridized carbons (Fsp3) is 0.133. The van der Waals surface area contributed by atoms with Gasteiger partial charge in [-0.25, -0.2) is 0 Å². The number of nitrogens with one attached hydrogen (secondary N) is 1. The lowest BCUT2D eigenvalue weighted by molar-refractivity contribution is -0.0515. The number of rotatable bonds is 5. The van der Waals surface area contributed by atoms with E-state index in [0.29, 0.717) is 0 Å². The standard InChI is InChI=1S/C15H12Cl2F2N2O3/c1-23-11-4-2-3-8(13(11)24-15(18)19)14(22)21-7-5-9(16)12(20)10(17)6-7/h2-6,15H,20H2,1H3,(H,21,22). The number of hydrogen-bond acceptors (Lipinski definition) is 4. The van der Waals surface area contributed by atoms with Gasteiger partial charge >= 0.3 is 6.61 Å². The van der Waals surface area contributed by atoms with Gasteiger partial charge in [-0.15, -0.1) is 0 Å². The van der Waals surface area contributed by atoms with Gasteiger partial charge in [-0.05, 0) is 24.3 Å². The second-order valence-corrected chi connectivity index (χ2v) is 5.34. The van der Waals surface area contributed by atoms with E-state index < -0.39 is 12.5 Å². The number of methoxy groups -OCH3 is 1. The van der Waals surface area contributed by atoms with Crippen LogP contribution in [0.3, 0.4) is 0 Å². The predicted molar refractivity (Wildman–Crippen MR) is 88.5 cm³/mol. The predicted octanol–water partition coefficient (Wildman–Crippen LogP) is 4.44. The lowest BCUT2D eigenvalue weighted by atomic mass is 10.1. The highest BCUT2D eigenvalue weighted by atomic mass is 35.5. The second kappa shape index (κ2) is 7.55. The molecule has 2 aromatic rings. The Morgan fingerprint density at radius 1 is 1.25 bits per heavy atom. The molecule has 9 heteroatoms. The van der Waals surface area contributed by atoms with Gasteiger partial charge in [0.1, 0.15) is 0 Å². The molecule has 0 spiro atoms. The summed E-state index contributed by atoms with van der Waals surface area (Å²) in [5.41, 5.74) is 5.88. The van der Waals surface area contributed by atoms with Crippen molar-refractivity contribution in [3.8, 4) is 11.5 Å². The largest absolute Gasteiger partial charge is 0.493 e. The third-order valence-electron chi connectivity index (χ3n) is 2.99. The van der Waals surface area contributed by atoms with Crippen LogP contribution in [0.25, 0.3) is 0 Å². The van der Waals surface area contributed by atoms with Crippen molar-refractivity contribution in [3.05, 3.63) is 45.9 Å². The molecular formula is C15H12Cl2F2N2O3. The molecule has 0 atom stereocenters. The van der Waals surface area contributed by atoms with Crippen LogP contribution in [-0.4, -0.2) is 19.6 Å². The van der Waals surface area contributed by atoms with Crippen molar-refractivity contribution in [1.29, 1.82) is 0 Å². The summed E-state index contributed by atoms with van der Waals surface area (Å²) in [6, 6.07) is 6.94. The van der Waals surface area contributed by atoms with Crippen LogP contribution in [0.2, 0.25) is 10.0 Å². The molecule has 0 saturated carbocycles. The molecule has 24 heavy (non-hydrogen) atoms. The molecular weight excluding hydrogens is 365 g/mol. The highest BCUT2D eigenvalue weighted by Crippen LogP contribution is 2.34.